The van der Waals surface area contributed by atoms with E-state index < -0.39 is 54.8 Å². The fourth-order valence-electron chi connectivity index (χ4n) is 2.13. The van der Waals surface area contributed by atoms with Crippen LogP contribution in [0.2, 0.25) is 0 Å². The average molecular weight is 319 g/mol. The number of rotatable bonds is 7. The molecule has 0 radical (unpaired) electrons. The third-order valence-corrected chi connectivity index (χ3v) is 3.65. The second-order valence-electron chi connectivity index (χ2n) is 4.61. The first-order chi connectivity index (χ1) is 9.19. The molecule has 11 heteroatoms. The maximum atomic E-state index is 9.83. The van der Waals surface area contributed by atoms with Gasteiger partial charge >= 0.3 is 0 Å². The molecule has 0 aromatic rings. The van der Waals surface area contributed by atoms with Gasteiger partial charge in [-0.3, -0.25) is 22.7 Å². The molecule has 1 heterocycles. The Balaban J connectivity index is 2.62. The first kappa shape index (κ1) is 18.0. The first-order valence-electron chi connectivity index (χ1n) is 5.88. The summed E-state index contributed by atoms with van der Waals surface area (Å²) in [4.78, 5) is 1.37. The van der Waals surface area contributed by atoms with E-state index in [1.54, 1.807) is 0 Å². The van der Waals surface area contributed by atoms with Gasteiger partial charge in [-0.1, -0.05) is 0 Å². The fourth-order valence-corrected chi connectivity index (χ4v) is 2.65. The van der Waals surface area contributed by atoms with Crippen LogP contribution in [-0.2, 0) is 4.18 Å². The minimum Gasteiger partial charge on any atom is -0.395 e. The molecule has 0 bridgehead atoms. The molecule has 20 heavy (non-hydrogen) atoms. The van der Waals surface area contributed by atoms with Crippen molar-refractivity contribution in [3.63, 3.8) is 0 Å². The van der Waals surface area contributed by atoms with Crippen LogP contribution >= 0.6 is 11.2 Å². The smallest absolute Gasteiger partial charge is 0.217 e. The molecule has 5 atom stereocenters. The summed E-state index contributed by atoms with van der Waals surface area (Å²) in [6.07, 6.45) is -5.19. The number of nitrogens with zero attached hydrogens (tertiary/aromatic N) is 1. The van der Waals surface area contributed by atoms with Crippen LogP contribution in [0.5, 0.6) is 0 Å². The van der Waals surface area contributed by atoms with E-state index in [1.807, 2.05) is 0 Å². The van der Waals surface area contributed by atoms with Gasteiger partial charge in [0.05, 0.1) is 37.6 Å². The third-order valence-electron chi connectivity index (χ3n) is 3.15. The lowest BCUT2D eigenvalue weighted by Crippen LogP contribution is -2.47. The van der Waals surface area contributed by atoms with Crippen LogP contribution in [0, 0.1) is 0 Å². The fraction of sp³-hybridized carbons (Fsp3) is 1.00. The first-order valence-corrected chi connectivity index (χ1v) is 7.31. The Morgan fingerprint density at radius 1 is 1.20 bits per heavy atom. The van der Waals surface area contributed by atoms with E-state index in [9.17, 15) is 15.3 Å². The van der Waals surface area contributed by atoms with E-state index >= 15 is 0 Å². The van der Waals surface area contributed by atoms with Gasteiger partial charge in [-0.15, -0.1) is 0 Å². The number of aliphatic hydroxyl groups excluding tert-OH is 5. The summed E-state index contributed by atoms with van der Waals surface area (Å²) in [5.41, 5.74) is 0. The number of hydrogen-bond acceptors (Lipinski definition) is 10. The van der Waals surface area contributed by atoms with Gasteiger partial charge in [-0.05, 0) is 0 Å². The van der Waals surface area contributed by atoms with Gasteiger partial charge in [-0.25, -0.2) is 0 Å². The highest BCUT2D eigenvalue weighted by Crippen LogP contribution is 2.36. The Kier molecular flexibility index (Phi) is 6.56. The van der Waals surface area contributed by atoms with Crippen LogP contribution in [0.3, 0.4) is 0 Å². The largest absolute Gasteiger partial charge is 0.395 e. The molecular weight excluding hydrogens is 298 g/mol. The maximum Gasteiger partial charge on any atom is 0.217 e. The molecule has 1 fully saturated rings. The van der Waals surface area contributed by atoms with Crippen molar-refractivity contribution in [2.75, 3.05) is 26.3 Å². The van der Waals surface area contributed by atoms with Crippen LogP contribution in [0.1, 0.15) is 0 Å². The molecular formula is C9H21NO9S. The minimum atomic E-state index is -4.34. The average Bonchev–Trinajstić information content (AvgIpc) is 2.60. The maximum absolute atomic E-state index is 9.83. The molecule has 1 aliphatic rings. The summed E-state index contributed by atoms with van der Waals surface area (Å²) in [5.74, 6) is 0. The molecule has 0 aromatic carbocycles. The number of likely N-dealkylation sites (tertiary alicyclic amines) is 1. The summed E-state index contributed by atoms with van der Waals surface area (Å²) in [7, 11) is 0. The third kappa shape index (κ3) is 4.75. The van der Waals surface area contributed by atoms with E-state index in [-0.39, 0.29) is 13.1 Å². The molecule has 1 aliphatic heterocycles. The quantitative estimate of drug-likeness (QED) is 0.246. The van der Waals surface area contributed by atoms with Crippen molar-refractivity contribution in [1.82, 2.24) is 4.90 Å². The van der Waals surface area contributed by atoms with Gasteiger partial charge in [0.1, 0.15) is 6.10 Å². The lowest BCUT2D eigenvalue weighted by Gasteiger charge is -2.31. The second kappa shape index (κ2) is 7.29. The van der Waals surface area contributed by atoms with Gasteiger partial charge in [0.25, 0.3) is 0 Å². The summed E-state index contributed by atoms with van der Waals surface area (Å²) in [6.45, 7) is -1.48. The minimum absolute atomic E-state index is 0.0169. The molecule has 0 aromatic heterocycles. The Morgan fingerprint density at radius 3 is 2.25 bits per heavy atom. The van der Waals surface area contributed by atoms with Crippen LogP contribution in [0.25, 0.3) is 0 Å². The lowest BCUT2D eigenvalue weighted by molar-refractivity contribution is -0.0350. The van der Waals surface area contributed by atoms with Crippen LogP contribution in [0.15, 0.2) is 0 Å². The molecule has 3 unspecified atom stereocenters. The molecule has 122 valence electrons. The van der Waals surface area contributed by atoms with E-state index in [0.717, 1.165) is 0 Å². The standard InChI is InChI=1S/C9H21NO9S/c11-3-5-9(15)7(14)2-10(5)1-6(13)8(4-12)19-20(16,17)18/h5-9,11-18H,1-4H2/t5-,6?,7?,8?,9-/m1/s1. The van der Waals surface area contributed by atoms with Gasteiger partial charge in [0.2, 0.25) is 11.2 Å². The normalized spacial score (nSPS) is 32.3. The van der Waals surface area contributed by atoms with E-state index in [4.69, 9.17) is 23.9 Å². The zero-order chi connectivity index (χ0) is 15.5. The van der Waals surface area contributed by atoms with Crippen molar-refractivity contribution in [1.29, 1.82) is 0 Å². The lowest BCUT2D eigenvalue weighted by atomic mass is 10.1. The molecule has 1 rings (SSSR count). The van der Waals surface area contributed by atoms with E-state index in [2.05, 4.69) is 4.18 Å². The zero-order valence-electron chi connectivity index (χ0n) is 10.6. The Labute approximate surface area is 117 Å². The zero-order valence-corrected chi connectivity index (χ0v) is 11.4. The predicted octanol–water partition coefficient (Wildman–Crippen LogP) is -2.74. The molecule has 0 amide bonds. The molecule has 1 saturated heterocycles. The van der Waals surface area contributed by atoms with Gasteiger partial charge in [0.15, 0.2) is 0 Å². The highest BCUT2D eigenvalue weighted by atomic mass is 32.3. The Morgan fingerprint density at radius 2 is 1.80 bits per heavy atom. The van der Waals surface area contributed by atoms with Crippen molar-refractivity contribution >= 4 is 11.2 Å². The van der Waals surface area contributed by atoms with Gasteiger partial charge in [0, 0.05) is 13.1 Å². The Bertz CT molecular complexity index is 302. The highest BCUT2D eigenvalue weighted by molar-refractivity contribution is 8.15. The predicted molar refractivity (Wildman–Crippen MR) is 67.9 cm³/mol. The highest BCUT2D eigenvalue weighted by Gasteiger charge is 2.41. The van der Waals surface area contributed by atoms with E-state index in [1.165, 1.54) is 4.90 Å². The second-order valence-corrected chi connectivity index (χ2v) is 5.74. The molecule has 0 aliphatic carbocycles. The van der Waals surface area contributed by atoms with Gasteiger partial charge in [-0.2, -0.15) is 0 Å². The van der Waals surface area contributed by atoms with Crippen molar-refractivity contribution in [3.05, 3.63) is 0 Å². The topological polar surface area (TPSA) is 174 Å². The van der Waals surface area contributed by atoms with Crippen molar-refractivity contribution < 1.29 is 43.4 Å². The van der Waals surface area contributed by atoms with Crippen LogP contribution in [0.4, 0.5) is 0 Å². The summed E-state index contributed by atoms with van der Waals surface area (Å²) < 4.78 is 30.5. The van der Waals surface area contributed by atoms with E-state index in [0.29, 0.717) is 0 Å². The molecule has 8 N–H and O–H groups in total. The monoisotopic (exact) mass is 319 g/mol. The summed E-state index contributed by atoms with van der Waals surface area (Å²) >= 11 is -4.34. The molecule has 10 nitrogen and oxygen atoms in total. The number of hydrogen-bond donors (Lipinski definition) is 8. The number of β-amino-alcohol motifs (C(OH)–C–C–N with tert-alkyl or cyclic N) is 2. The molecule has 0 spiro atoms. The van der Waals surface area contributed by atoms with Crippen molar-refractivity contribution in [2.45, 2.75) is 30.5 Å². The van der Waals surface area contributed by atoms with Crippen molar-refractivity contribution in [3.8, 4) is 0 Å². The Hall–Kier alpha value is -0.0500. The molecule has 0 saturated carbocycles. The van der Waals surface area contributed by atoms with Gasteiger partial charge < -0.3 is 25.5 Å². The SMILES string of the molecule is OCC(OS(O)(O)O)C(O)CN1CC(O)[C@H](O)[C@H]1CO. The van der Waals surface area contributed by atoms with Crippen molar-refractivity contribution in [2.24, 2.45) is 0 Å². The summed E-state index contributed by atoms with van der Waals surface area (Å²) in [6, 6.07) is -0.798. The summed E-state index contributed by atoms with van der Waals surface area (Å²) in [5, 5.41) is 47.0. The number of aliphatic hydroxyl groups is 5. The van der Waals surface area contributed by atoms with Crippen LogP contribution < -0.4 is 0 Å². The van der Waals surface area contributed by atoms with Crippen LogP contribution in [-0.4, -0.2) is 101 Å².